The monoisotopic (exact) mass is 263 g/mol. The molecule has 1 aliphatic heterocycles. The Morgan fingerprint density at radius 3 is 2.79 bits per heavy atom. The number of methoxy groups -OCH3 is 1. The molecule has 0 amide bonds. The van der Waals surface area contributed by atoms with Crippen molar-refractivity contribution in [3.8, 4) is 11.5 Å². The number of hydrogen-bond acceptors (Lipinski definition) is 4. The van der Waals surface area contributed by atoms with E-state index in [1.165, 1.54) is 12.0 Å². The van der Waals surface area contributed by atoms with E-state index in [0.717, 1.165) is 49.2 Å². The zero-order chi connectivity index (χ0) is 13.2. The minimum absolute atomic E-state index is 0.0742. The predicted molar refractivity (Wildman–Crippen MR) is 72.9 cm³/mol. The van der Waals surface area contributed by atoms with E-state index in [-0.39, 0.29) is 6.10 Å². The van der Waals surface area contributed by atoms with Crippen LogP contribution >= 0.6 is 0 Å². The molecule has 1 atom stereocenters. The summed E-state index contributed by atoms with van der Waals surface area (Å²) in [6.45, 7) is 2.30. The van der Waals surface area contributed by atoms with E-state index in [1.807, 2.05) is 6.07 Å². The molecule has 0 spiro atoms. The predicted octanol–water partition coefficient (Wildman–Crippen LogP) is 1.94. The molecule has 1 unspecified atom stereocenters. The molecule has 2 N–H and O–H groups in total. The number of phenolic OH excluding ortho intramolecular Hbond substituents is 1. The molecule has 1 aliphatic carbocycles. The van der Waals surface area contributed by atoms with Crippen LogP contribution in [0.5, 0.6) is 11.5 Å². The van der Waals surface area contributed by atoms with E-state index >= 15 is 0 Å². The molecule has 1 heterocycles. The van der Waals surface area contributed by atoms with E-state index in [1.54, 1.807) is 7.11 Å². The minimum Gasteiger partial charge on any atom is -0.507 e. The van der Waals surface area contributed by atoms with Crippen LogP contribution in [-0.2, 0) is 17.6 Å². The van der Waals surface area contributed by atoms with Crippen LogP contribution in [0.15, 0.2) is 6.07 Å². The van der Waals surface area contributed by atoms with Crippen molar-refractivity contribution in [1.82, 2.24) is 5.32 Å². The zero-order valence-electron chi connectivity index (χ0n) is 11.4. The summed E-state index contributed by atoms with van der Waals surface area (Å²) < 4.78 is 11.3. The first kappa shape index (κ1) is 12.8. The van der Waals surface area contributed by atoms with Gasteiger partial charge in [0.15, 0.2) is 0 Å². The molecule has 104 valence electrons. The third kappa shape index (κ3) is 2.30. The van der Waals surface area contributed by atoms with Gasteiger partial charge in [0.2, 0.25) is 0 Å². The number of morpholine rings is 1. The Labute approximate surface area is 113 Å². The normalized spacial score (nSPS) is 22.9. The standard InChI is InChI=1S/C15H21NO3/c1-18-13-8-12(14-9-16-6-7-19-14)15(17)11-5-3-2-4-10(11)13/h8,14,16-17H,2-7,9H2,1H3. The topological polar surface area (TPSA) is 50.7 Å². The van der Waals surface area contributed by atoms with Crippen LogP contribution < -0.4 is 10.1 Å². The molecule has 2 aliphatic rings. The highest BCUT2D eigenvalue weighted by Crippen LogP contribution is 2.41. The van der Waals surface area contributed by atoms with Gasteiger partial charge in [-0.25, -0.2) is 0 Å². The third-order valence-corrected chi connectivity index (χ3v) is 4.11. The van der Waals surface area contributed by atoms with Crippen molar-refractivity contribution in [2.45, 2.75) is 31.8 Å². The van der Waals surface area contributed by atoms with E-state index in [9.17, 15) is 5.11 Å². The number of aromatic hydroxyl groups is 1. The van der Waals surface area contributed by atoms with Crippen molar-refractivity contribution in [2.24, 2.45) is 0 Å². The van der Waals surface area contributed by atoms with E-state index < -0.39 is 0 Å². The number of rotatable bonds is 2. The van der Waals surface area contributed by atoms with Gasteiger partial charge in [0.25, 0.3) is 0 Å². The fourth-order valence-corrected chi connectivity index (χ4v) is 3.10. The number of hydrogen-bond donors (Lipinski definition) is 2. The van der Waals surface area contributed by atoms with E-state index in [4.69, 9.17) is 9.47 Å². The van der Waals surface area contributed by atoms with Crippen molar-refractivity contribution >= 4 is 0 Å². The van der Waals surface area contributed by atoms with Crippen molar-refractivity contribution in [3.05, 3.63) is 22.8 Å². The number of fused-ring (bicyclic) bond motifs is 1. The van der Waals surface area contributed by atoms with Crippen LogP contribution in [0.4, 0.5) is 0 Å². The number of benzene rings is 1. The summed E-state index contributed by atoms with van der Waals surface area (Å²) in [5.41, 5.74) is 3.11. The van der Waals surface area contributed by atoms with Crippen LogP contribution in [0.3, 0.4) is 0 Å². The number of nitrogens with one attached hydrogen (secondary N) is 1. The molecule has 0 saturated carbocycles. The highest BCUT2D eigenvalue weighted by atomic mass is 16.5. The lowest BCUT2D eigenvalue weighted by Gasteiger charge is -2.28. The lowest BCUT2D eigenvalue weighted by Crippen LogP contribution is -2.33. The van der Waals surface area contributed by atoms with Gasteiger partial charge in [-0.2, -0.15) is 0 Å². The maximum Gasteiger partial charge on any atom is 0.125 e. The summed E-state index contributed by atoms with van der Waals surface area (Å²) in [6.07, 6.45) is 4.16. The summed E-state index contributed by atoms with van der Waals surface area (Å²) >= 11 is 0. The molecular weight excluding hydrogens is 242 g/mol. The van der Waals surface area contributed by atoms with Gasteiger partial charge in [-0.1, -0.05) is 0 Å². The average Bonchev–Trinajstić information content (AvgIpc) is 2.49. The SMILES string of the molecule is COc1cc(C2CNCCO2)c(O)c2c1CCCC2. The molecular formula is C15H21NO3. The Bertz CT molecular complexity index is 467. The summed E-state index contributed by atoms with van der Waals surface area (Å²) in [6, 6.07) is 1.96. The second-order valence-electron chi connectivity index (χ2n) is 5.24. The largest absolute Gasteiger partial charge is 0.507 e. The molecule has 0 bridgehead atoms. The Balaban J connectivity index is 2.04. The van der Waals surface area contributed by atoms with Crippen molar-refractivity contribution in [2.75, 3.05) is 26.8 Å². The zero-order valence-corrected chi connectivity index (χ0v) is 11.4. The van der Waals surface area contributed by atoms with Crippen molar-refractivity contribution < 1.29 is 14.6 Å². The lowest BCUT2D eigenvalue weighted by atomic mass is 9.87. The Morgan fingerprint density at radius 2 is 2.11 bits per heavy atom. The fourth-order valence-electron chi connectivity index (χ4n) is 3.10. The molecule has 0 aromatic heterocycles. The Hall–Kier alpha value is -1.26. The average molecular weight is 263 g/mol. The van der Waals surface area contributed by atoms with E-state index in [0.29, 0.717) is 12.4 Å². The van der Waals surface area contributed by atoms with Crippen LogP contribution in [0.1, 0.15) is 35.6 Å². The number of phenols is 1. The summed E-state index contributed by atoms with van der Waals surface area (Å²) in [5.74, 6) is 1.32. The van der Waals surface area contributed by atoms with Gasteiger partial charge in [0.1, 0.15) is 11.5 Å². The van der Waals surface area contributed by atoms with Gasteiger partial charge in [-0.15, -0.1) is 0 Å². The van der Waals surface area contributed by atoms with Crippen molar-refractivity contribution in [1.29, 1.82) is 0 Å². The van der Waals surface area contributed by atoms with E-state index in [2.05, 4.69) is 5.32 Å². The highest BCUT2D eigenvalue weighted by molar-refractivity contribution is 5.55. The molecule has 3 rings (SSSR count). The molecule has 1 aromatic carbocycles. The summed E-state index contributed by atoms with van der Waals surface area (Å²) in [5, 5.41) is 13.8. The van der Waals surface area contributed by atoms with Gasteiger partial charge in [-0.3, -0.25) is 0 Å². The third-order valence-electron chi connectivity index (χ3n) is 4.11. The smallest absolute Gasteiger partial charge is 0.125 e. The lowest BCUT2D eigenvalue weighted by molar-refractivity contribution is 0.0261. The highest BCUT2D eigenvalue weighted by Gasteiger charge is 2.26. The second-order valence-corrected chi connectivity index (χ2v) is 5.24. The minimum atomic E-state index is -0.0742. The molecule has 1 aromatic rings. The fraction of sp³-hybridized carbons (Fsp3) is 0.600. The van der Waals surface area contributed by atoms with Gasteiger partial charge < -0.3 is 19.9 Å². The molecule has 4 heteroatoms. The van der Waals surface area contributed by atoms with Gasteiger partial charge in [-0.05, 0) is 31.7 Å². The van der Waals surface area contributed by atoms with Gasteiger partial charge in [0.05, 0.1) is 19.8 Å². The van der Waals surface area contributed by atoms with Gasteiger partial charge in [0, 0.05) is 29.8 Å². The van der Waals surface area contributed by atoms with Crippen molar-refractivity contribution in [3.63, 3.8) is 0 Å². The first-order valence-corrected chi connectivity index (χ1v) is 7.05. The molecule has 19 heavy (non-hydrogen) atoms. The maximum absolute atomic E-state index is 10.5. The second kappa shape index (κ2) is 5.39. The Morgan fingerprint density at radius 1 is 1.32 bits per heavy atom. The Kier molecular flexibility index (Phi) is 3.62. The van der Waals surface area contributed by atoms with Crippen LogP contribution in [-0.4, -0.2) is 31.9 Å². The molecule has 1 fully saturated rings. The first-order valence-electron chi connectivity index (χ1n) is 7.05. The van der Waals surface area contributed by atoms with Crippen LogP contribution in [0, 0.1) is 0 Å². The molecule has 1 saturated heterocycles. The number of ether oxygens (including phenoxy) is 2. The van der Waals surface area contributed by atoms with Gasteiger partial charge >= 0.3 is 0 Å². The maximum atomic E-state index is 10.5. The van der Waals surface area contributed by atoms with Crippen LogP contribution in [0.25, 0.3) is 0 Å². The molecule has 4 nitrogen and oxygen atoms in total. The summed E-state index contributed by atoms with van der Waals surface area (Å²) in [7, 11) is 1.70. The summed E-state index contributed by atoms with van der Waals surface area (Å²) in [4.78, 5) is 0. The molecule has 0 radical (unpaired) electrons. The first-order chi connectivity index (χ1) is 9.31. The van der Waals surface area contributed by atoms with Crippen LogP contribution in [0.2, 0.25) is 0 Å². The quantitative estimate of drug-likeness (QED) is 0.856.